The minimum atomic E-state index is 1.14. The lowest BCUT2D eigenvalue weighted by Gasteiger charge is -2.27. The van der Waals surface area contributed by atoms with Crippen molar-refractivity contribution >= 4 is 15.9 Å². The molecule has 104 valence electrons. The molecule has 1 aliphatic carbocycles. The molecule has 3 heteroatoms. The number of hydrogen-bond donors (Lipinski definition) is 1. The normalized spacial score (nSPS) is 20.3. The van der Waals surface area contributed by atoms with Crippen molar-refractivity contribution in [1.29, 1.82) is 0 Å². The Hall–Kier alpha value is -0.380. The Morgan fingerprint density at radius 2 is 1.74 bits per heavy atom. The van der Waals surface area contributed by atoms with Gasteiger partial charge in [-0.1, -0.05) is 22.0 Å². The smallest absolute Gasteiger partial charge is 0.0210 e. The summed E-state index contributed by atoms with van der Waals surface area (Å²) < 4.78 is 1.32. The first-order valence-electron chi connectivity index (χ1n) is 7.56. The molecule has 0 bridgehead atoms. The number of fused-ring (bicyclic) bond motifs is 1. The average molecular weight is 323 g/mol. The Balaban J connectivity index is 1.66. The Kier molecular flexibility index (Phi) is 4.57. The first-order valence-corrected chi connectivity index (χ1v) is 8.35. The van der Waals surface area contributed by atoms with Crippen molar-refractivity contribution in [2.24, 2.45) is 0 Å². The molecule has 1 saturated heterocycles. The zero-order valence-electron chi connectivity index (χ0n) is 11.6. The van der Waals surface area contributed by atoms with E-state index in [-0.39, 0.29) is 0 Å². The Morgan fingerprint density at radius 3 is 2.47 bits per heavy atom. The fourth-order valence-electron chi connectivity index (χ4n) is 3.21. The van der Waals surface area contributed by atoms with E-state index in [9.17, 15) is 0 Å². The van der Waals surface area contributed by atoms with Crippen LogP contribution in [0.2, 0.25) is 0 Å². The SMILES string of the molecule is Brc1cc2c(cc1CCN1CCNCC1)CCCC2. The molecular weight excluding hydrogens is 300 g/mol. The Bertz CT molecular complexity index is 439. The van der Waals surface area contributed by atoms with Crippen LogP contribution < -0.4 is 5.32 Å². The summed E-state index contributed by atoms with van der Waals surface area (Å²) in [5.41, 5.74) is 4.67. The van der Waals surface area contributed by atoms with Crippen molar-refractivity contribution in [2.75, 3.05) is 32.7 Å². The summed E-state index contributed by atoms with van der Waals surface area (Å²) in [5, 5.41) is 3.41. The summed E-state index contributed by atoms with van der Waals surface area (Å²) >= 11 is 3.77. The minimum Gasteiger partial charge on any atom is -0.314 e. The van der Waals surface area contributed by atoms with Gasteiger partial charge in [0, 0.05) is 37.2 Å². The summed E-state index contributed by atoms with van der Waals surface area (Å²) in [5.74, 6) is 0. The standard InChI is InChI=1S/C16H23BrN2/c17-16-12-14-4-2-1-3-13(14)11-15(16)5-8-19-9-6-18-7-10-19/h11-12,18H,1-10H2. The summed E-state index contributed by atoms with van der Waals surface area (Å²) in [6.45, 7) is 5.88. The predicted octanol–water partition coefficient (Wildman–Crippen LogP) is 2.78. The molecule has 2 nitrogen and oxygen atoms in total. The van der Waals surface area contributed by atoms with Gasteiger partial charge >= 0.3 is 0 Å². The fourth-order valence-corrected chi connectivity index (χ4v) is 3.80. The number of nitrogens with one attached hydrogen (secondary N) is 1. The molecule has 3 rings (SSSR count). The second-order valence-electron chi connectivity index (χ2n) is 5.76. The third-order valence-corrected chi connectivity index (χ3v) is 5.16. The van der Waals surface area contributed by atoms with Crippen molar-refractivity contribution in [3.8, 4) is 0 Å². The Morgan fingerprint density at radius 1 is 1.05 bits per heavy atom. The quantitative estimate of drug-likeness (QED) is 0.920. The van der Waals surface area contributed by atoms with E-state index in [0.717, 1.165) is 13.1 Å². The molecule has 1 aromatic carbocycles. The maximum Gasteiger partial charge on any atom is 0.0210 e. The van der Waals surface area contributed by atoms with Crippen LogP contribution in [-0.2, 0) is 19.3 Å². The van der Waals surface area contributed by atoms with Gasteiger partial charge < -0.3 is 10.2 Å². The fraction of sp³-hybridized carbons (Fsp3) is 0.625. The average Bonchev–Trinajstić information content (AvgIpc) is 2.46. The molecule has 1 aromatic rings. The highest BCUT2D eigenvalue weighted by molar-refractivity contribution is 9.10. The third kappa shape index (κ3) is 3.39. The zero-order valence-corrected chi connectivity index (χ0v) is 13.1. The zero-order chi connectivity index (χ0) is 13.1. The van der Waals surface area contributed by atoms with Gasteiger partial charge in [-0.3, -0.25) is 0 Å². The second-order valence-corrected chi connectivity index (χ2v) is 6.62. The first kappa shape index (κ1) is 13.6. The van der Waals surface area contributed by atoms with Crippen LogP contribution >= 0.6 is 15.9 Å². The largest absolute Gasteiger partial charge is 0.314 e. The lowest BCUT2D eigenvalue weighted by molar-refractivity contribution is 0.244. The van der Waals surface area contributed by atoms with E-state index in [1.165, 1.54) is 61.8 Å². The second kappa shape index (κ2) is 6.38. The van der Waals surface area contributed by atoms with Crippen LogP contribution in [0.3, 0.4) is 0 Å². The van der Waals surface area contributed by atoms with Crippen LogP contribution in [0.4, 0.5) is 0 Å². The summed E-state index contributed by atoms with van der Waals surface area (Å²) in [6, 6.07) is 4.84. The molecule has 0 spiro atoms. The third-order valence-electron chi connectivity index (χ3n) is 4.42. The van der Waals surface area contributed by atoms with E-state index < -0.39 is 0 Å². The van der Waals surface area contributed by atoms with E-state index in [1.54, 1.807) is 11.1 Å². The lowest BCUT2D eigenvalue weighted by atomic mass is 9.90. The maximum absolute atomic E-state index is 3.77. The monoisotopic (exact) mass is 322 g/mol. The van der Waals surface area contributed by atoms with Gasteiger partial charge in [-0.15, -0.1) is 0 Å². The van der Waals surface area contributed by atoms with Crippen molar-refractivity contribution in [3.05, 3.63) is 33.3 Å². The van der Waals surface area contributed by atoms with Crippen molar-refractivity contribution in [1.82, 2.24) is 10.2 Å². The van der Waals surface area contributed by atoms with Crippen molar-refractivity contribution < 1.29 is 0 Å². The molecular formula is C16H23BrN2. The predicted molar refractivity (Wildman–Crippen MR) is 83.8 cm³/mol. The minimum absolute atomic E-state index is 1.14. The van der Waals surface area contributed by atoms with Crippen LogP contribution in [0, 0.1) is 0 Å². The molecule has 1 N–H and O–H groups in total. The van der Waals surface area contributed by atoms with Crippen molar-refractivity contribution in [2.45, 2.75) is 32.1 Å². The number of piperazine rings is 1. The van der Waals surface area contributed by atoms with Gasteiger partial charge in [-0.05, 0) is 54.9 Å². The van der Waals surface area contributed by atoms with Gasteiger partial charge in [-0.25, -0.2) is 0 Å². The molecule has 19 heavy (non-hydrogen) atoms. The Labute approximate surface area is 124 Å². The van der Waals surface area contributed by atoms with E-state index in [1.807, 2.05) is 0 Å². The van der Waals surface area contributed by atoms with Crippen LogP contribution in [0.1, 0.15) is 29.5 Å². The molecule has 1 fully saturated rings. The highest BCUT2D eigenvalue weighted by Gasteiger charge is 2.14. The first-order chi connectivity index (χ1) is 9.33. The van der Waals surface area contributed by atoms with Gasteiger partial charge in [0.1, 0.15) is 0 Å². The number of nitrogens with zero attached hydrogens (tertiary/aromatic N) is 1. The summed E-state index contributed by atoms with van der Waals surface area (Å²) in [7, 11) is 0. The number of halogens is 1. The summed E-state index contributed by atoms with van der Waals surface area (Å²) in [4.78, 5) is 2.57. The summed E-state index contributed by atoms with van der Waals surface area (Å²) in [6.07, 6.45) is 6.45. The van der Waals surface area contributed by atoms with Gasteiger partial charge in [0.25, 0.3) is 0 Å². The van der Waals surface area contributed by atoms with Crippen LogP contribution in [-0.4, -0.2) is 37.6 Å². The van der Waals surface area contributed by atoms with Gasteiger partial charge in [-0.2, -0.15) is 0 Å². The van der Waals surface area contributed by atoms with Crippen molar-refractivity contribution in [3.63, 3.8) is 0 Å². The number of benzene rings is 1. The van der Waals surface area contributed by atoms with Gasteiger partial charge in [0.05, 0.1) is 0 Å². The van der Waals surface area contributed by atoms with Gasteiger partial charge in [0.2, 0.25) is 0 Å². The number of rotatable bonds is 3. The molecule has 1 heterocycles. The van der Waals surface area contributed by atoms with Crippen LogP contribution in [0.5, 0.6) is 0 Å². The topological polar surface area (TPSA) is 15.3 Å². The number of hydrogen-bond acceptors (Lipinski definition) is 2. The molecule has 0 saturated carbocycles. The maximum atomic E-state index is 3.77. The molecule has 2 aliphatic rings. The lowest BCUT2D eigenvalue weighted by Crippen LogP contribution is -2.44. The molecule has 0 radical (unpaired) electrons. The molecule has 0 atom stereocenters. The van der Waals surface area contributed by atoms with Crippen LogP contribution in [0.15, 0.2) is 16.6 Å². The van der Waals surface area contributed by atoms with Gasteiger partial charge in [0.15, 0.2) is 0 Å². The van der Waals surface area contributed by atoms with E-state index in [4.69, 9.17) is 0 Å². The molecule has 1 aliphatic heterocycles. The molecule has 0 amide bonds. The number of aryl methyl sites for hydroxylation is 2. The molecule has 0 unspecified atom stereocenters. The van der Waals surface area contributed by atoms with E-state index >= 15 is 0 Å². The van der Waals surface area contributed by atoms with E-state index in [2.05, 4.69) is 38.3 Å². The van der Waals surface area contributed by atoms with Crippen LogP contribution in [0.25, 0.3) is 0 Å². The molecule has 0 aromatic heterocycles. The van der Waals surface area contributed by atoms with E-state index in [0.29, 0.717) is 0 Å². The highest BCUT2D eigenvalue weighted by Crippen LogP contribution is 2.28. The highest BCUT2D eigenvalue weighted by atomic mass is 79.9.